The van der Waals surface area contributed by atoms with Crippen LogP contribution in [-0.2, 0) is 9.47 Å². The zero-order chi connectivity index (χ0) is 10.0. The Hall–Kier alpha value is -0.0800. The molecule has 0 aliphatic carbocycles. The largest absolute Gasteiger partial charge is 0.378 e. The van der Waals surface area contributed by atoms with E-state index in [2.05, 4.69) is 27.7 Å². The van der Waals surface area contributed by atoms with Gasteiger partial charge >= 0.3 is 0 Å². The second kappa shape index (κ2) is 4.43. The van der Waals surface area contributed by atoms with Crippen LogP contribution in [0.15, 0.2) is 0 Å². The molecule has 1 heterocycles. The van der Waals surface area contributed by atoms with Crippen molar-refractivity contribution in [3.8, 4) is 0 Å². The molecule has 0 amide bonds. The molecular formula is C11H22O2. The average Bonchev–Trinajstić information content (AvgIpc) is 2.02. The lowest BCUT2D eigenvalue weighted by Gasteiger charge is -2.40. The molecule has 0 radical (unpaired) electrons. The van der Waals surface area contributed by atoms with Gasteiger partial charge < -0.3 is 9.47 Å². The summed E-state index contributed by atoms with van der Waals surface area (Å²) in [6.45, 7) is 8.79. The smallest absolute Gasteiger partial charge is 0.0861 e. The Morgan fingerprint density at radius 2 is 1.92 bits per heavy atom. The highest BCUT2D eigenvalue weighted by Crippen LogP contribution is 2.32. The van der Waals surface area contributed by atoms with Crippen LogP contribution in [0.4, 0.5) is 0 Å². The maximum absolute atomic E-state index is 5.75. The van der Waals surface area contributed by atoms with Gasteiger partial charge in [0.15, 0.2) is 0 Å². The van der Waals surface area contributed by atoms with Crippen molar-refractivity contribution in [1.82, 2.24) is 0 Å². The third kappa shape index (κ3) is 2.44. The van der Waals surface area contributed by atoms with Crippen LogP contribution in [0.3, 0.4) is 0 Å². The van der Waals surface area contributed by atoms with E-state index in [-0.39, 0.29) is 12.2 Å². The van der Waals surface area contributed by atoms with E-state index in [4.69, 9.17) is 9.47 Å². The van der Waals surface area contributed by atoms with Crippen molar-refractivity contribution in [3.05, 3.63) is 0 Å². The fourth-order valence-corrected chi connectivity index (χ4v) is 2.38. The molecule has 1 rings (SSSR count). The van der Waals surface area contributed by atoms with Crippen LogP contribution in [0.1, 0.15) is 34.1 Å². The van der Waals surface area contributed by atoms with Crippen LogP contribution >= 0.6 is 0 Å². The third-order valence-corrected chi connectivity index (χ3v) is 3.06. The lowest BCUT2D eigenvalue weighted by atomic mass is 9.81. The lowest BCUT2D eigenvalue weighted by Crippen LogP contribution is -2.45. The first kappa shape index (κ1) is 11.0. The van der Waals surface area contributed by atoms with Gasteiger partial charge in [0.2, 0.25) is 0 Å². The Balaban J connectivity index is 2.66. The van der Waals surface area contributed by atoms with Crippen molar-refractivity contribution in [2.75, 3.05) is 7.11 Å². The van der Waals surface area contributed by atoms with E-state index < -0.39 is 0 Å². The molecular weight excluding hydrogens is 164 g/mol. The molecule has 0 spiro atoms. The maximum Gasteiger partial charge on any atom is 0.0861 e. The van der Waals surface area contributed by atoms with E-state index in [0.717, 1.165) is 6.42 Å². The Labute approximate surface area is 81.6 Å². The molecule has 4 atom stereocenters. The first-order valence-corrected chi connectivity index (χ1v) is 5.24. The SMILES string of the molecule is COC1C(C(C)C)CC(C)O[C@H]1C. The molecule has 0 aromatic heterocycles. The van der Waals surface area contributed by atoms with Gasteiger partial charge in [-0.05, 0) is 32.1 Å². The van der Waals surface area contributed by atoms with E-state index in [1.807, 2.05) is 0 Å². The minimum absolute atomic E-state index is 0.237. The highest BCUT2D eigenvalue weighted by Gasteiger charge is 2.36. The summed E-state index contributed by atoms with van der Waals surface area (Å²) < 4.78 is 11.2. The monoisotopic (exact) mass is 186 g/mol. The molecule has 0 N–H and O–H groups in total. The van der Waals surface area contributed by atoms with Crippen LogP contribution < -0.4 is 0 Å². The van der Waals surface area contributed by atoms with Gasteiger partial charge in [-0.15, -0.1) is 0 Å². The molecule has 2 heteroatoms. The van der Waals surface area contributed by atoms with Crippen molar-refractivity contribution in [1.29, 1.82) is 0 Å². The zero-order valence-corrected chi connectivity index (χ0v) is 9.41. The number of hydrogen-bond acceptors (Lipinski definition) is 2. The molecule has 0 aromatic carbocycles. The molecule has 0 saturated carbocycles. The predicted octanol–water partition coefficient (Wildman–Crippen LogP) is 2.47. The quantitative estimate of drug-likeness (QED) is 0.659. The van der Waals surface area contributed by atoms with E-state index in [1.54, 1.807) is 7.11 Å². The van der Waals surface area contributed by atoms with Gasteiger partial charge in [-0.3, -0.25) is 0 Å². The summed E-state index contributed by atoms with van der Waals surface area (Å²) in [5.74, 6) is 1.32. The minimum atomic E-state index is 0.237. The molecule has 1 aliphatic heterocycles. The van der Waals surface area contributed by atoms with Crippen LogP contribution in [0.25, 0.3) is 0 Å². The number of ether oxygens (including phenoxy) is 2. The van der Waals surface area contributed by atoms with Gasteiger partial charge in [0.1, 0.15) is 0 Å². The Kier molecular flexibility index (Phi) is 3.74. The Bertz CT molecular complexity index is 156. The normalized spacial score (nSPS) is 41.1. The van der Waals surface area contributed by atoms with E-state index >= 15 is 0 Å². The predicted molar refractivity (Wildman–Crippen MR) is 53.8 cm³/mol. The van der Waals surface area contributed by atoms with Gasteiger partial charge in [-0.1, -0.05) is 13.8 Å². The van der Waals surface area contributed by atoms with Crippen molar-refractivity contribution in [2.24, 2.45) is 11.8 Å². The maximum atomic E-state index is 5.75. The number of rotatable bonds is 2. The summed E-state index contributed by atoms with van der Waals surface area (Å²) in [7, 11) is 1.79. The zero-order valence-electron chi connectivity index (χ0n) is 9.41. The van der Waals surface area contributed by atoms with Crippen molar-refractivity contribution >= 4 is 0 Å². The number of hydrogen-bond donors (Lipinski definition) is 0. The molecule has 1 aliphatic rings. The summed E-state index contributed by atoms with van der Waals surface area (Å²) in [5, 5.41) is 0. The van der Waals surface area contributed by atoms with Crippen molar-refractivity contribution < 1.29 is 9.47 Å². The summed E-state index contributed by atoms with van der Waals surface area (Å²) in [4.78, 5) is 0. The first-order valence-electron chi connectivity index (χ1n) is 5.24. The molecule has 2 nitrogen and oxygen atoms in total. The minimum Gasteiger partial charge on any atom is -0.378 e. The summed E-state index contributed by atoms with van der Waals surface area (Å²) in [5.41, 5.74) is 0. The van der Waals surface area contributed by atoms with Gasteiger partial charge in [0, 0.05) is 7.11 Å². The first-order chi connectivity index (χ1) is 6.06. The molecule has 3 unspecified atom stereocenters. The van der Waals surface area contributed by atoms with Crippen LogP contribution in [0.5, 0.6) is 0 Å². The van der Waals surface area contributed by atoms with E-state index in [0.29, 0.717) is 17.9 Å². The standard InChI is InChI=1S/C11H22O2/c1-7(2)10-6-8(3)13-9(4)11(10)12-5/h7-11H,6H2,1-5H3/t8?,9-,10?,11?/m0/s1. The van der Waals surface area contributed by atoms with E-state index in [9.17, 15) is 0 Å². The second-order valence-corrected chi connectivity index (χ2v) is 4.50. The molecule has 1 saturated heterocycles. The average molecular weight is 186 g/mol. The summed E-state index contributed by atoms with van der Waals surface area (Å²) in [6, 6.07) is 0. The topological polar surface area (TPSA) is 18.5 Å². The molecule has 0 aromatic rings. The molecule has 78 valence electrons. The van der Waals surface area contributed by atoms with Crippen molar-refractivity contribution in [2.45, 2.75) is 52.4 Å². The molecule has 0 bridgehead atoms. The van der Waals surface area contributed by atoms with Crippen molar-refractivity contribution in [3.63, 3.8) is 0 Å². The fraction of sp³-hybridized carbons (Fsp3) is 1.00. The van der Waals surface area contributed by atoms with Gasteiger partial charge in [-0.2, -0.15) is 0 Å². The second-order valence-electron chi connectivity index (χ2n) is 4.50. The highest BCUT2D eigenvalue weighted by atomic mass is 16.5. The third-order valence-electron chi connectivity index (χ3n) is 3.06. The van der Waals surface area contributed by atoms with Crippen LogP contribution in [0.2, 0.25) is 0 Å². The van der Waals surface area contributed by atoms with Gasteiger partial charge in [-0.25, -0.2) is 0 Å². The molecule has 1 fully saturated rings. The Morgan fingerprint density at radius 3 is 2.38 bits per heavy atom. The number of methoxy groups -OCH3 is 1. The summed E-state index contributed by atoms with van der Waals surface area (Å²) in [6.07, 6.45) is 2.02. The Morgan fingerprint density at radius 1 is 1.31 bits per heavy atom. The van der Waals surface area contributed by atoms with E-state index in [1.165, 1.54) is 0 Å². The molecule has 13 heavy (non-hydrogen) atoms. The summed E-state index contributed by atoms with van der Waals surface area (Å²) >= 11 is 0. The van der Waals surface area contributed by atoms with Gasteiger partial charge in [0.25, 0.3) is 0 Å². The lowest BCUT2D eigenvalue weighted by molar-refractivity contribution is -0.152. The fourth-order valence-electron chi connectivity index (χ4n) is 2.38. The van der Waals surface area contributed by atoms with Crippen LogP contribution in [-0.4, -0.2) is 25.4 Å². The highest BCUT2D eigenvalue weighted by molar-refractivity contribution is 4.84. The van der Waals surface area contributed by atoms with Gasteiger partial charge in [0.05, 0.1) is 18.3 Å². The van der Waals surface area contributed by atoms with Crippen LogP contribution in [0, 0.1) is 11.8 Å².